The van der Waals surface area contributed by atoms with Crippen LogP contribution in [0.4, 0.5) is 0 Å². The quantitative estimate of drug-likeness (QED) is 0.907. The van der Waals surface area contributed by atoms with Crippen LogP contribution < -0.4 is 10.5 Å². The number of aromatic nitrogens is 1. The molecule has 0 aliphatic rings. The third-order valence-electron chi connectivity index (χ3n) is 2.36. The molecular formula is C13H13ClN2O. The van der Waals surface area contributed by atoms with Crippen molar-refractivity contribution < 1.29 is 4.74 Å². The van der Waals surface area contributed by atoms with Gasteiger partial charge in [-0.1, -0.05) is 17.7 Å². The number of pyridine rings is 1. The fourth-order valence-corrected chi connectivity index (χ4v) is 1.69. The predicted molar refractivity (Wildman–Crippen MR) is 68.4 cm³/mol. The topological polar surface area (TPSA) is 48.1 Å². The Hall–Kier alpha value is -1.58. The van der Waals surface area contributed by atoms with Crippen molar-refractivity contribution in [3.05, 3.63) is 52.7 Å². The minimum atomic E-state index is 0.418. The molecule has 1 aromatic heterocycles. The second-order valence-corrected chi connectivity index (χ2v) is 4.14. The molecule has 0 unspecified atom stereocenters. The summed E-state index contributed by atoms with van der Waals surface area (Å²) in [6.07, 6.45) is 1.71. The van der Waals surface area contributed by atoms with Gasteiger partial charge in [0.05, 0.1) is 0 Å². The fraction of sp³-hybridized carbons (Fsp3) is 0.154. The van der Waals surface area contributed by atoms with E-state index in [0.29, 0.717) is 23.2 Å². The molecule has 88 valence electrons. The number of benzene rings is 1. The zero-order valence-corrected chi connectivity index (χ0v) is 10.2. The Morgan fingerprint density at radius 3 is 2.76 bits per heavy atom. The second kappa shape index (κ2) is 5.17. The van der Waals surface area contributed by atoms with E-state index in [4.69, 9.17) is 22.1 Å². The Morgan fingerprint density at radius 2 is 2.12 bits per heavy atom. The van der Waals surface area contributed by atoms with Crippen molar-refractivity contribution >= 4 is 11.6 Å². The van der Waals surface area contributed by atoms with Crippen LogP contribution >= 0.6 is 11.6 Å². The van der Waals surface area contributed by atoms with Crippen LogP contribution in [0.15, 0.2) is 36.5 Å². The van der Waals surface area contributed by atoms with Crippen molar-refractivity contribution in [3.63, 3.8) is 0 Å². The van der Waals surface area contributed by atoms with Crippen LogP contribution in [0.25, 0.3) is 0 Å². The standard InChI is InChI=1S/C13H13ClN2O/c1-9-4-5-16-13(6-9)17-11-3-2-10(8-15)12(14)7-11/h2-7H,8,15H2,1H3. The van der Waals surface area contributed by atoms with E-state index in [0.717, 1.165) is 11.1 Å². The number of nitrogens with zero attached hydrogens (tertiary/aromatic N) is 1. The van der Waals surface area contributed by atoms with Gasteiger partial charge in [-0.25, -0.2) is 4.98 Å². The summed E-state index contributed by atoms with van der Waals surface area (Å²) in [5.41, 5.74) is 7.53. The van der Waals surface area contributed by atoms with Crippen molar-refractivity contribution in [3.8, 4) is 11.6 Å². The lowest BCUT2D eigenvalue weighted by Crippen LogP contribution is -1.97. The van der Waals surface area contributed by atoms with Gasteiger partial charge in [0.1, 0.15) is 5.75 Å². The van der Waals surface area contributed by atoms with Crippen LogP contribution in [0, 0.1) is 6.92 Å². The Kier molecular flexibility index (Phi) is 3.61. The number of hydrogen-bond donors (Lipinski definition) is 1. The molecule has 0 bridgehead atoms. The first-order valence-corrected chi connectivity index (χ1v) is 5.66. The molecule has 0 saturated heterocycles. The van der Waals surface area contributed by atoms with E-state index in [-0.39, 0.29) is 0 Å². The molecule has 1 aromatic carbocycles. The van der Waals surface area contributed by atoms with Gasteiger partial charge in [-0.2, -0.15) is 0 Å². The summed E-state index contributed by atoms with van der Waals surface area (Å²) in [6.45, 7) is 2.40. The van der Waals surface area contributed by atoms with Gasteiger partial charge in [0.2, 0.25) is 5.88 Å². The van der Waals surface area contributed by atoms with E-state index in [1.807, 2.05) is 31.2 Å². The largest absolute Gasteiger partial charge is 0.439 e. The van der Waals surface area contributed by atoms with Gasteiger partial charge in [0.25, 0.3) is 0 Å². The molecule has 0 aliphatic carbocycles. The van der Waals surface area contributed by atoms with Crippen molar-refractivity contribution in [2.45, 2.75) is 13.5 Å². The maximum atomic E-state index is 6.05. The third kappa shape index (κ3) is 2.96. The number of nitrogens with two attached hydrogens (primary N) is 1. The Labute approximate surface area is 105 Å². The zero-order chi connectivity index (χ0) is 12.3. The highest BCUT2D eigenvalue weighted by molar-refractivity contribution is 6.31. The van der Waals surface area contributed by atoms with Crippen molar-refractivity contribution in [1.29, 1.82) is 0 Å². The summed E-state index contributed by atoms with van der Waals surface area (Å²) >= 11 is 6.05. The smallest absolute Gasteiger partial charge is 0.219 e. The van der Waals surface area contributed by atoms with E-state index < -0.39 is 0 Å². The van der Waals surface area contributed by atoms with Gasteiger partial charge in [-0.05, 0) is 36.2 Å². The molecule has 0 atom stereocenters. The maximum absolute atomic E-state index is 6.05. The molecule has 3 nitrogen and oxygen atoms in total. The first-order valence-electron chi connectivity index (χ1n) is 5.28. The van der Waals surface area contributed by atoms with Crippen LogP contribution in [0.1, 0.15) is 11.1 Å². The molecule has 0 spiro atoms. The van der Waals surface area contributed by atoms with Crippen molar-refractivity contribution in [1.82, 2.24) is 4.98 Å². The normalized spacial score (nSPS) is 10.3. The van der Waals surface area contributed by atoms with Crippen LogP contribution in [-0.2, 0) is 6.54 Å². The zero-order valence-electron chi connectivity index (χ0n) is 9.48. The van der Waals surface area contributed by atoms with Gasteiger partial charge in [-0.15, -0.1) is 0 Å². The molecule has 2 aromatic rings. The molecule has 0 amide bonds. The molecule has 2 N–H and O–H groups in total. The molecule has 2 rings (SSSR count). The SMILES string of the molecule is Cc1ccnc(Oc2ccc(CN)c(Cl)c2)c1. The first kappa shape index (κ1) is 11.9. The van der Waals surface area contributed by atoms with Gasteiger partial charge < -0.3 is 10.5 Å². The third-order valence-corrected chi connectivity index (χ3v) is 2.71. The van der Waals surface area contributed by atoms with Crippen LogP contribution in [0.2, 0.25) is 5.02 Å². The van der Waals surface area contributed by atoms with E-state index in [1.165, 1.54) is 0 Å². The summed E-state index contributed by atoms with van der Waals surface area (Å²) in [6, 6.07) is 9.21. The minimum absolute atomic E-state index is 0.418. The highest BCUT2D eigenvalue weighted by Gasteiger charge is 2.03. The lowest BCUT2D eigenvalue weighted by atomic mass is 10.2. The second-order valence-electron chi connectivity index (χ2n) is 3.73. The lowest BCUT2D eigenvalue weighted by molar-refractivity contribution is 0.462. The van der Waals surface area contributed by atoms with Gasteiger partial charge in [0.15, 0.2) is 0 Å². The maximum Gasteiger partial charge on any atom is 0.219 e. The molecule has 1 heterocycles. The Balaban J connectivity index is 2.22. The summed E-state index contributed by atoms with van der Waals surface area (Å²) in [4.78, 5) is 4.12. The number of aryl methyl sites for hydroxylation is 1. The molecule has 17 heavy (non-hydrogen) atoms. The number of rotatable bonds is 3. The Morgan fingerprint density at radius 1 is 1.29 bits per heavy atom. The molecule has 0 fully saturated rings. The highest BCUT2D eigenvalue weighted by Crippen LogP contribution is 2.25. The molecule has 0 radical (unpaired) electrons. The number of ether oxygens (including phenoxy) is 1. The van der Waals surface area contributed by atoms with E-state index in [2.05, 4.69) is 4.98 Å². The van der Waals surface area contributed by atoms with E-state index >= 15 is 0 Å². The van der Waals surface area contributed by atoms with Gasteiger partial charge >= 0.3 is 0 Å². The van der Waals surface area contributed by atoms with E-state index in [1.54, 1.807) is 12.3 Å². The van der Waals surface area contributed by atoms with Gasteiger partial charge in [0, 0.05) is 23.8 Å². The average Bonchev–Trinajstić information content (AvgIpc) is 2.29. The highest BCUT2D eigenvalue weighted by atomic mass is 35.5. The summed E-state index contributed by atoms with van der Waals surface area (Å²) < 4.78 is 5.60. The molecule has 4 heteroatoms. The van der Waals surface area contributed by atoms with Crippen molar-refractivity contribution in [2.75, 3.05) is 0 Å². The van der Waals surface area contributed by atoms with Gasteiger partial charge in [-0.3, -0.25) is 0 Å². The summed E-state index contributed by atoms with van der Waals surface area (Å²) in [5.74, 6) is 1.21. The lowest BCUT2D eigenvalue weighted by Gasteiger charge is -2.07. The molecule has 0 aliphatic heterocycles. The molecular weight excluding hydrogens is 236 g/mol. The monoisotopic (exact) mass is 248 g/mol. The van der Waals surface area contributed by atoms with Crippen LogP contribution in [0.3, 0.4) is 0 Å². The van der Waals surface area contributed by atoms with Crippen molar-refractivity contribution in [2.24, 2.45) is 5.73 Å². The first-order chi connectivity index (χ1) is 8.19. The summed E-state index contributed by atoms with van der Waals surface area (Å²) in [7, 11) is 0. The molecule has 0 saturated carbocycles. The van der Waals surface area contributed by atoms with Crippen LogP contribution in [-0.4, -0.2) is 4.98 Å². The van der Waals surface area contributed by atoms with Crippen LogP contribution in [0.5, 0.6) is 11.6 Å². The number of hydrogen-bond acceptors (Lipinski definition) is 3. The van der Waals surface area contributed by atoms with E-state index in [9.17, 15) is 0 Å². The Bertz CT molecular complexity index is 529. The number of halogens is 1. The minimum Gasteiger partial charge on any atom is -0.439 e. The predicted octanol–water partition coefficient (Wildman–Crippen LogP) is 3.29. The summed E-state index contributed by atoms with van der Waals surface area (Å²) in [5, 5.41) is 0.609. The fourth-order valence-electron chi connectivity index (χ4n) is 1.44. The average molecular weight is 249 g/mol.